The van der Waals surface area contributed by atoms with Crippen molar-refractivity contribution in [3.05, 3.63) is 17.7 Å². The van der Waals surface area contributed by atoms with Crippen molar-refractivity contribution in [1.82, 2.24) is 10.3 Å². The van der Waals surface area contributed by atoms with Gasteiger partial charge in [-0.1, -0.05) is 0 Å². The third-order valence-corrected chi connectivity index (χ3v) is 1.37. The van der Waals surface area contributed by atoms with Gasteiger partial charge in [0, 0.05) is 7.05 Å². The molecule has 3 N–H and O–H groups in total. The first kappa shape index (κ1) is 9.18. The summed E-state index contributed by atoms with van der Waals surface area (Å²) in [6.45, 7) is 0. The highest BCUT2D eigenvalue weighted by molar-refractivity contribution is 5.83. The summed E-state index contributed by atoms with van der Waals surface area (Å²) in [6, 6.07) is 3.14. The fourth-order valence-corrected chi connectivity index (χ4v) is 0.795. The van der Waals surface area contributed by atoms with Gasteiger partial charge in [-0.2, -0.15) is 0 Å². The summed E-state index contributed by atoms with van der Waals surface area (Å²) in [5.41, 5.74) is 5.85. The molecule has 0 aliphatic rings. The van der Waals surface area contributed by atoms with Gasteiger partial charge in [0.2, 0.25) is 0 Å². The van der Waals surface area contributed by atoms with Gasteiger partial charge in [-0.05, 0) is 12.1 Å². The van der Waals surface area contributed by atoms with Crippen LogP contribution in [0.1, 0.15) is 10.4 Å². The molecule has 0 unspecified atom stereocenters. The Hall–Kier alpha value is -1.91. The minimum Gasteiger partial charge on any atom is -0.384 e. The minimum absolute atomic E-state index is 0.323. The summed E-state index contributed by atoms with van der Waals surface area (Å²) in [6.07, 6.45) is 2.13. The number of carbonyl (C=O) groups excluding carboxylic acids is 1. The van der Waals surface area contributed by atoms with Crippen LogP contribution in [0.3, 0.4) is 0 Å². The SMILES string of the molecule is CN/C=N\c1nc(N)ccc1C=O. The Bertz CT molecular complexity index is 335. The van der Waals surface area contributed by atoms with Crippen LogP contribution >= 0.6 is 0 Å². The summed E-state index contributed by atoms with van der Waals surface area (Å²) in [5, 5.41) is 2.70. The molecule has 0 aliphatic carbocycles. The first-order valence-electron chi connectivity index (χ1n) is 3.69. The van der Waals surface area contributed by atoms with E-state index in [0.29, 0.717) is 23.5 Å². The Morgan fingerprint density at radius 2 is 2.38 bits per heavy atom. The smallest absolute Gasteiger partial charge is 0.166 e. The largest absolute Gasteiger partial charge is 0.384 e. The molecule has 5 heteroatoms. The number of aldehydes is 1. The maximum Gasteiger partial charge on any atom is 0.166 e. The topological polar surface area (TPSA) is 80.4 Å². The molecule has 0 saturated carbocycles. The van der Waals surface area contributed by atoms with Crippen LogP contribution in [-0.2, 0) is 0 Å². The molecule has 0 spiro atoms. The second-order valence-corrected chi connectivity index (χ2v) is 2.31. The van der Waals surface area contributed by atoms with Crippen LogP contribution in [-0.4, -0.2) is 24.7 Å². The predicted octanol–water partition coefficient (Wildman–Crippen LogP) is 0.355. The van der Waals surface area contributed by atoms with Crippen molar-refractivity contribution < 1.29 is 4.79 Å². The molecule has 0 bridgehead atoms. The fraction of sp³-hybridized carbons (Fsp3) is 0.125. The zero-order chi connectivity index (χ0) is 9.68. The van der Waals surface area contributed by atoms with Gasteiger partial charge >= 0.3 is 0 Å². The van der Waals surface area contributed by atoms with Gasteiger partial charge in [0.25, 0.3) is 0 Å². The Balaban J connectivity index is 3.08. The second kappa shape index (κ2) is 4.20. The van der Waals surface area contributed by atoms with E-state index in [1.54, 1.807) is 19.2 Å². The molecule has 5 nitrogen and oxygen atoms in total. The molecule has 68 valence electrons. The highest BCUT2D eigenvalue weighted by atomic mass is 16.1. The molecule has 0 saturated heterocycles. The average molecular weight is 178 g/mol. The van der Waals surface area contributed by atoms with Gasteiger partial charge in [-0.25, -0.2) is 9.98 Å². The van der Waals surface area contributed by atoms with Crippen molar-refractivity contribution in [3.63, 3.8) is 0 Å². The quantitative estimate of drug-likeness (QED) is 0.397. The third kappa shape index (κ3) is 2.26. The molecule has 0 radical (unpaired) electrons. The number of aliphatic imine (C=N–C) groups is 1. The standard InChI is InChI=1S/C8H10N4O/c1-10-5-11-8-6(4-13)2-3-7(9)12-8/h2-5H,1H3,(H3,9,10,11,12). The van der Waals surface area contributed by atoms with Crippen molar-refractivity contribution in [1.29, 1.82) is 0 Å². The van der Waals surface area contributed by atoms with E-state index in [0.717, 1.165) is 0 Å². The molecule has 1 aromatic rings. The van der Waals surface area contributed by atoms with E-state index in [-0.39, 0.29) is 0 Å². The Morgan fingerprint density at radius 1 is 1.62 bits per heavy atom. The lowest BCUT2D eigenvalue weighted by Gasteiger charge is -1.98. The molecule has 1 heterocycles. The monoisotopic (exact) mass is 178 g/mol. The highest BCUT2D eigenvalue weighted by Gasteiger charge is 2.00. The Morgan fingerprint density at radius 3 is 3.00 bits per heavy atom. The number of hydrogen-bond acceptors (Lipinski definition) is 4. The summed E-state index contributed by atoms with van der Waals surface area (Å²) in [4.78, 5) is 18.3. The number of hydrogen-bond donors (Lipinski definition) is 2. The molecule has 0 fully saturated rings. The van der Waals surface area contributed by atoms with Gasteiger partial charge < -0.3 is 11.1 Å². The van der Waals surface area contributed by atoms with E-state index in [4.69, 9.17) is 5.73 Å². The van der Waals surface area contributed by atoms with Crippen molar-refractivity contribution in [2.24, 2.45) is 4.99 Å². The molecular weight excluding hydrogens is 168 g/mol. The first-order chi connectivity index (χ1) is 6.27. The Labute approximate surface area is 75.7 Å². The van der Waals surface area contributed by atoms with Crippen LogP contribution in [0.5, 0.6) is 0 Å². The van der Waals surface area contributed by atoms with E-state index < -0.39 is 0 Å². The van der Waals surface area contributed by atoms with Crippen LogP contribution < -0.4 is 11.1 Å². The number of rotatable bonds is 3. The maximum absolute atomic E-state index is 10.5. The molecule has 0 atom stereocenters. The molecule has 13 heavy (non-hydrogen) atoms. The van der Waals surface area contributed by atoms with Crippen LogP contribution in [0.25, 0.3) is 0 Å². The van der Waals surface area contributed by atoms with E-state index in [2.05, 4.69) is 15.3 Å². The van der Waals surface area contributed by atoms with Crippen molar-refractivity contribution in [3.8, 4) is 0 Å². The molecule has 0 aromatic carbocycles. The van der Waals surface area contributed by atoms with E-state index >= 15 is 0 Å². The zero-order valence-electron chi connectivity index (χ0n) is 7.19. The van der Waals surface area contributed by atoms with Crippen LogP contribution in [0.2, 0.25) is 0 Å². The zero-order valence-corrected chi connectivity index (χ0v) is 7.19. The highest BCUT2D eigenvalue weighted by Crippen LogP contribution is 2.14. The fourth-order valence-electron chi connectivity index (χ4n) is 0.795. The average Bonchev–Trinajstić information content (AvgIpc) is 2.15. The van der Waals surface area contributed by atoms with E-state index in [1.165, 1.54) is 6.34 Å². The normalized spacial score (nSPS) is 10.2. The van der Waals surface area contributed by atoms with Gasteiger partial charge in [0.05, 0.1) is 11.9 Å². The second-order valence-electron chi connectivity index (χ2n) is 2.31. The lowest BCUT2D eigenvalue weighted by atomic mass is 10.3. The molecule has 0 amide bonds. The number of nitrogen functional groups attached to an aromatic ring is 1. The van der Waals surface area contributed by atoms with Crippen LogP contribution in [0.4, 0.5) is 11.6 Å². The summed E-state index contributed by atoms with van der Waals surface area (Å²) >= 11 is 0. The summed E-state index contributed by atoms with van der Waals surface area (Å²) in [7, 11) is 1.70. The number of pyridine rings is 1. The van der Waals surface area contributed by atoms with Crippen LogP contribution in [0.15, 0.2) is 17.1 Å². The van der Waals surface area contributed by atoms with E-state index in [1.807, 2.05) is 0 Å². The van der Waals surface area contributed by atoms with Gasteiger partial charge in [0.1, 0.15) is 5.82 Å². The molecular formula is C8H10N4O. The number of aromatic nitrogens is 1. The van der Waals surface area contributed by atoms with Gasteiger partial charge in [-0.15, -0.1) is 0 Å². The molecule has 1 rings (SSSR count). The summed E-state index contributed by atoms with van der Waals surface area (Å²) < 4.78 is 0. The van der Waals surface area contributed by atoms with Crippen molar-refractivity contribution in [2.45, 2.75) is 0 Å². The summed E-state index contributed by atoms with van der Waals surface area (Å²) in [5.74, 6) is 0.665. The predicted molar refractivity (Wildman–Crippen MR) is 51.2 cm³/mol. The lowest BCUT2D eigenvalue weighted by molar-refractivity contribution is 0.112. The van der Waals surface area contributed by atoms with Gasteiger partial charge in [0.15, 0.2) is 12.1 Å². The number of nitrogens with two attached hydrogens (primary N) is 1. The number of carbonyl (C=O) groups is 1. The van der Waals surface area contributed by atoms with Crippen molar-refractivity contribution >= 4 is 24.3 Å². The number of nitrogens with one attached hydrogen (secondary N) is 1. The molecule has 1 aromatic heterocycles. The molecule has 0 aliphatic heterocycles. The maximum atomic E-state index is 10.5. The lowest BCUT2D eigenvalue weighted by Crippen LogP contribution is -2.01. The van der Waals surface area contributed by atoms with Crippen LogP contribution in [0, 0.1) is 0 Å². The minimum atomic E-state index is 0.323. The Kier molecular flexibility index (Phi) is 2.97. The van der Waals surface area contributed by atoms with Crippen molar-refractivity contribution in [2.75, 3.05) is 12.8 Å². The van der Waals surface area contributed by atoms with E-state index in [9.17, 15) is 4.79 Å². The third-order valence-electron chi connectivity index (χ3n) is 1.37. The number of nitrogens with zero attached hydrogens (tertiary/aromatic N) is 2. The number of anilines is 1. The van der Waals surface area contributed by atoms with Gasteiger partial charge in [-0.3, -0.25) is 4.79 Å². The first-order valence-corrected chi connectivity index (χ1v) is 3.69.